The molecule has 4 heterocycles. The van der Waals surface area contributed by atoms with E-state index in [1.54, 1.807) is 0 Å². The van der Waals surface area contributed by atoms with Gasteiger partial charge in [-0.25, -0.2) is 0 Å². The summed E-state index contributed by atoms with van der Waals surface area (Å²) < 4.78 is 0. The Balaban J connectivity index is 1.92. The van der Waals surface area contributed by atoms with Gasteiger partial charge in [-0.3, -0.25) is 9.79 Å². The fraction of sp³-hybridized carbons (Fsp3) is 0.467. The van der Waals surface area contributed by atoms with E-state index >= 15 is 0 Å². The molecule has 0 aliphatic carbocycles. The first kappa shape index (κ1) is 11.5. The zero-order chi connectivity index (χ0) is 13.0. The Kier molecular flexibility index (Phi) is 2.31. The van der Waals surface area contributed by atoms with E-state index in [-0.39, 0.29) is 11.9 Å². The molecule has 2 fully saturated rings. The molecule has 19 heavy (non-hydrogen) atoms. The fourth-order valence-electron chi connectivity index (χ4n) is 3.91. The minimum atomic E-state index is -0.752. The van der Waals surface area contributed by atoms with Crippen molar-refractivity contribution < 1.29 is 4.79 Å². The number of nitrogens with zero attached hydrogens (tertiary/aromatic N) is 2. The Morgan fingerprint density at radius 2 is 2.11 bits per heavy atom. The molecule has 1 amide bonds. The van der Waals surface area contributed by atoms with Crippen LogP contribution in [0.4, 0.5) is 0 Å². The van der Waals surface area contributed by atoms with Gasteiger partial charge in [0.1, 0.15) is 5.17 Å². The second-order valence-electron chi connectivity index (χ2n) is 5.71. The lowest BCUT2D eigenvalue weighted by atomic mass is 9.68. The van der Waals surface area contributed by atoms with Crippen LogP contribution in [0.2, 0.25) is 0 Å². The van der Waals surface area contributed by atoms with Crippen LogP contribution in [0.25, 0.3) is 0 Å². The van der Waals surface area contributed by atoms with E-state index in [9.17, 15) is 4.79 Å². The highest BCUT2D eigenvalue weighted by Gasteiger charge is 2.58. The second-order valence-corrected chi connectivity index (χ2v) is 6.10. The first-order chi connectivity index (χ1) is 9.22. The Morgan fingerprint density at radius 1 is 1.32 bits per heavy atom. The Bertz CT molecular complexity index is 571. The van der Waals surface area contributed by atoms with Crippen LogP contribution in [-0.2, 0) is 10.3 Å². The Morgan fingerprint density at radius 3 is 2.89 bits per heavy atom. The quantitative estimate of drug-likeness (QED) is 0.775. The van der Waals surface area contributed by atoms with Gasteiger partial charge < -0.3 is 4.90 Å². The molecule has 3 atom stereocenters. The number of carbonyl (C=O) groups excluding carboxylic acids is 1. The van der Waals surface area contributed by atoms with Gasteiger partial charge in [-0.1, -0.05) is 41.9 Å². The van der Waals surface area contributed by atoms with Gasteiger partial charge in [-0.05, 0) is 30.7 Å². The molecule has 1 aromatic carbocycles. The molecule has 4 aliphatic heterocycles. The molecule has 0 radical (unpaired) electrons. The Labute approximate surface area is 117 Å². The summed E-state index contributed by atoms with van der Waals surface area (Å²) in [6.07, 6.45) is 3.05. The highest BCUT2D eigenvalue weighted by atomic mass is 35.5. The molecule has 0 N–H and O–H groups in total. The van der Waals surface area contributed by atoms with Gasteiger partial charge >= 0.3 is 0 Å². The third-order valence-electron chi connectivity index (χ3n) is 4.72. The molecular formula is C15H15ClN2O. The van der Waals surface area contributed by atoms with Crippen LogP contribution in [0.1, 0.15) is 24.8 Å². The molecule has 0 saturated carbocycles. The number of hydrogen-bond acceptors (Lipinski definition) is 2. The highest BCUT2D eigenvalue weighted by molar-refractivity contribution is 6.67. The van der Waals surface area contributed by atoms with Gasteiger partial charge in [0.15, 0.2) is 5.54 Å². The van der Waals surface area contributed by atoms with Crippen molar-refractivity contribution in [1.82, 2.24) is 4.90 Å². The molecule has 3 nitrogen and oxygen atoms in total. The minimum absolute atomic E-state index is 0.0495. The van der Waals surface area contributed by atoms with Crippen molar-refractivity contribution >= 4 is 22.7 Å². The number of rotatable bonds is 1. The molecule has 2 saturated heterocycles. The van der Waals surface area contributed by atoms with Crippen molar-refractivity contribution in [1.29, 1.82) is 0 Å². The van der Waals surface area contributed by atoms with E-state index in [1.807, 2.05) is 35.2 Å². The zero-order valence-electron chi connectivity index (χ0n) is 10.6. The molecule has 4 bridgehead atoms. The number of aliphatic imine (C=N–C) groups is 1. The van der Waals surface area contributed by atoms with Gasteiger partial charge in [0.2, 0.25) is 0 Å². The molecule has 4 heteroatoms. The third kappa shape index (κ3) is 1.39. The van der Waals surface area contributed by atoms with Crippen LogP contribution in [0.3, 0.4) is 0 Å². The normalized spacial score (nSPS) is 36.4. The summed E-state index contributed by atoms with van der Waals surface area (Å²) in [5.74, 6) is 0.612. The van der Waals surface area contributed by atoms with Crippen molar-refractivity contribution in [2.45, 2.75) is 30.8 Å². The summed E-state index contributed by atoms with van der Waals surface area (Å²) in [6.45, 7) is 0.820. The van der Waals surface area contributed by atoms with Crippen molar-refractivity contribution in [3.63, 3.8) is 0 Å². The van der Waals surface area contributed by atoms with Gasteiger partial charge in [0.05, 0.1) is 6.04 Å². The highest BCUT2D eigenvalue weighted by Crippen LogP contribution is 2.50. The number of benzene rings is 1. The maximum Gasteiger partial charge on any atom is 0.255 e. The van der Waals surface area contributed by atoms with Crippen molar-refractivity contribution in [3.8, 4) is 0 Å². The summed E-state index contributed by atoms with van der Waals surface area (Å²) in [4.78, 5) is 19.4. The monoisotopic (exact) mass is 274 g/mol. The van der Waals surface area contributed by atoms with Gasteiger partial charge in [0.25, 0.3) is 5.91 Å². The molecule has 1 aromatic rings. The van der Waals surface area contributed by atoms with Crippen LogP contribution in [0, 0.1) is 5.92 Å². The maximum atomic E-state index is 12.8. The smallest absolute Gasteiger partial charge is 0.255 e. The minimum Gasteiger partial charge on any atom is -0.330 e. The van der Waals surface area contributed by atoms with Gasteiger partial charge in [-0.15, -0.1) is 0 Å². The summed E-state index contributed by atoms with van der Waals surface area (Å²) >= 11 is 6.38. The number of piperidine rings is 2. The number of amides is 1. The zero-order valence-corrected chi connectivity index (χ0v) is 11.3. The fourth-order valence-corrected chi connectivity index (χ4v) is 4.35. The predicted molar refractivity (Wildman–Crippen MR) is 74.3 cm³/mol. The summed E-state index contributed by atoms with van der Waals surface area (Å²) in [5, 5.41) is 0.624. The first-order valence-electron chi connectivity index (χ1n) is 6.84. The number of hydrogen-bond donors (Lipinski definition) is 0. The topological polar surface area (TPSA) is 32.7 Å². The van der Waals surface area contributed by atoms with E-state index in [1.165, 1.54) is 0 Å². The molecular weight excluding hydrogens is 260 g/mol. The molecule has 4 aliphatic rings. The average molecular weight is 275 g/mol. The van der Waals surface area contributed by atoms with Crippen LogP contribution in [0.5, 0.6) is 0 Å². The van der Waals surface area contributed by atoms with E-state index < -0.39 is 5.54 Å². The molecule has 98 valence electrons. The standard InChI is InChI=1S/C15H15ClN2O/c16-13-12-10-5-4-8-18(12)14(19)15(9-10,17-13)11-6-2-1-3-7-11/h1-3,6-7,10,12H,4-5,8-9H2. The lowest BCUT2D eigenvalue weighted by Gasteiger charge is -2.54. The largest absolute Gasteiger partial charge is 0.330 e. The second kappa shape index (κ2) is 3.83. The molecule has 0 spiro atoms. The van der Waals surface area contributed by atoms with Crippen LogP contribution >= 0.6 is 11.6 Å². The Hall–Kier alpha value is -1.35. The van der Waals surface area contributed by atoms with Crippen molar-refractivity contribution in [3.05, 3.63) is 35.9 Å². The average Bonchev–Trinajstić information content (AvgIpc) is 2.45. The van der Waals surface area contributed by atoms with Crippen LogP contribution < -0.4 is 0 Å². The molecule has 3 unspecified atom stereocenters. The van der Waals surface area contributed by atoms with Crippen LogP contribution in [-0.4, -0.2) is 28.6 Å². The lowest BCUT2D eigenvalue weighted by Crippen LogP contribution is -2.66. The molecule has 0 aromatic heterocycles. The van der Waals surface area contributed by atoms with E-state index in [2.05, 4.69) is 4.99 Å². The summed E-state index contributed by atoms with van der Waals surface area (Å²) in [7, 11) is 0. The number of halogens is 1. The van der Waals surface area contributed by atoms with Crippen molar-refractivity contribution in [2.24, 2.45) is 10.9 Å². The predicted octanol–water partition coefficient (Wildman–Crippen LogP) is 2.54. The van der Waals surface area contributed by atoms with Gasteiger partial charge in [-0.2, -0.15) is 0 Å². The maximum absolute atomic E-state index is 12.8. The lowest BCUT2D eigenvalue weighted by molar-refractivity contribution is -0.149. The third-order valence-corrected chi connectivity index (χ3v) is 5.03. The molecule has 5 rings (SSSR count). The van der Waals surface area contributed by atoms with E-state index in [4.69, 9.17) is 11.6 Å². The van der Waals surface area contributed by atoms with Gasteiger partial charge in [0, 0.05) is 6.54 Å². The SMILES string of the molecule is O=C1N2CCCC3CC1(c1ccccc1)N=C(Cl)C32. The van der Waals surface area contributed by atoms with Crippen LogP contribution in [0.15, 0.2) is 35.3 Å². The van der Waals surface area contributed by atoms with E-state index in [0.29, 0.717) is 11.1 Å². The van der Waals surface area contributed by atoms with E-state index in [0.717, 1.165) is 31.4 Å². The summed E-state index contributed by atoms with van der Waals surface area (Å²) in [5.41, 5.74) is 0.228. The summed E-state index contributed by atoms with van der Waals surface area (Å²) in [6, 6.07) is 9.93. The first-order valence-corrected chi connectivity index (χ1v) is 7.22. The van der Waals surface area contributed by atoms with Crippen molar-refractivity contribution in [2.75, 3.05) is 6.54 Å². The number of carbonyl (C=O) groups is 1.